The van der Waals surface area contributed by atoms with E-state index in [1.807, 2.05) is 0 Å². The van der Waals surface area contributed by atoms with E-state index in [9.17, 15) is 8.42 Å². The molecular formula is C16H18ClN3O4S. The number of rotatable bonds is 5. The van der Waals surface area contributed by atoms with Crippen LogP contribution in [0.1, 0.15) is 12.8 Å². The highest BCUT2D eigenvalue weighted by atomic mass is 35.5. The summed E-state index contributed by atoms with van der Waals surface area (Å²) in [7, 11) is -2.18. The zero-order chi connectivity index (χ0) is 17.9. The van der Waals surface area contributed by atoms with Crippen molar-refractivity contribution in [2.45, 2.75) is 23.8 Å². The monoisotopic (exact) mass is 383 g/mol. The zero-order valence-electron chi connectivity index (χ0n) is 13.6. The van der Waals surface area contributed by atoms with Crippen molar-refractivity contribution < 1.29 is 17.9 Å². The van der Waals surface area contributed by atoms with Crippen molar-refractivity contribution in [1.29, 1.82) is 0 Å². The van der Waals surface area contributed by atoms with Crippen LogP contribution in [0, 0.1) is 0 Å². The smallest absolute Gasteiger partial charge is 0.316 e. The third kappa shape index (κ3) is 4.02. The first-order chi connectivity index (χ1) is 12.0. The number of aromatic nitrogens is 2. The minimum Gasteiger partial charge on any atom is -0.495 e. The summed E-state index contributed by atoms with van der Waals surface area (Å²) < 4.78 is 37.9. The topological polar surface area (TPSA) is 81.6 Å². The summed E-state index contributed by atoms with van der Waals surface area (Å²) >= 11 is 6.06. The highest BCUT2D eigenvalue weighted by molar-refractivity contribution is 7.89. The average Bonchev–Trinajstić information content (AvgIpc) is 2.62. The average molecular weight is 384 g/mol. The number of ether oxygens (including phenoxy) is 2. The lowest BCUT2D eigenvalue weighted by atomic mass is 10.1. The van der Waals surface area contributed by atoms with Crippen LogP contribution < -0.4 is 9.47 Å². The van der Waals surface area contributed by atoms with E-state index >= 15 is 0 Å². The van der Waals surface area contributed by atoms with Gasteiger partial charge in [-0.3, -0.25) is 0 Å². The highest BCUT2D eigenvalue weighted by Gasteiger charge is 2.32. The van der Waals surface area contributed by atoms with Crippen LogP contribution in [0.25, 0.3) is 0 Å². The summed E-state index contributed by atoms with van der Waals surface area (Å²) in [5.41, 5.74) is 0. The molecule has 134 valence electrons. The van der Waals surface area contributed by atoms with E-state index in [0.29, 0.717) is 18.7 Å². The van der Waals surface area contributed by atoms with Crippen LogP contribution in [-0.4, -0.2) is 49.0 Å². The van der Waals surface area contributed by atoms with Gasteiger partial charge in [-0.05, 0) is 37.1 Å². The molecule has 0 saturated carbocycles. The molecule has 1 aromatic heterocycles. The van der Waals surface area contributed by atoms with Crippen LogP contribution in [-0.2, 0) is 10.0 Å². The second-order valence-electron chi connectivity index (χ2n) is 5.57. The van der Waals surface area contributed by atoms with E-state index in [4.69, 9.17) is 21.1 Å². The van der Waals surface area contributed by atoms with Crippen LogP contribution >= 0.6 is 11.6 Å². The van der Waals surface area contributed by atoms with Gasteiger partial charge in [-0.15, -0.1) is 0 Å². The number of benzene rings is 1. The predicted molar refractivity (Wildman–Crippen MR) is 92.4 cm³/mol. The van der Waals surface area contributed by atoms with Gasteiger partial charge in [-0.25, -0.2) is 18.4 Å². The maximum atomic E-state index is 12.9. The Morgan fingerprint density at radius 3 is 2.72 bits per heavy atom. The number of methoxy groups -OCH3 is 1. The van der Waals surface area contributed by atoms with E-state index in [1.54, 1.807) is 24.5 Å². The first kappa shape index (κ1) is 17.9. The Hall–Kier alpha value is -1.90. The molecular weight excluding hydrogens is 366 g/mol. The molecule has 1 atom stereocenters. The Balaban J connectivity index is 1.76. The van der Waals surface area contributed by atoms with Crippen molar-refractivity contribution in [2.75, 3.05) is 20.2 Å². The summed E-state index contributed by atoms with van der Waals surface area (Å²) in [5.74, 6) is 0.432. The van der Waals surface area contributed by atoms with Crippen LogP contribution in [0.5, 0.6) is 11.8 Å². The summed E-state index contributed by atoms with van der Waals surface area (Å²) in [6, 6.07) is 6.38. The molecule has 7 nitrogen and oxygen atoms in total. The van der Waals surface area contributed by atoms with Gasteiger partial charge in [0, 0.05) is 18.9 Å². The fraction of sp³-hybridized carbons (Fsp3) is 0.375. The molecule has 0 aliphatic carbocycles. The Kier molecular flexibility index (Phi) is 5.41. The Labute approximate surface area is 151 Å². The number of hydrogen-bond donors (Lipinski definition) is 0. The van der Waals surface area contributed by atoms with E-state index in [0.717, 1.165) is 6.42 Å². The van der Waals surface area contributed by atoms with Crippen LogP contribution in [0.2, 0.25) is 5.02 Å². The minimum atomic E-state index is -3.66. The van der Waals surface area contributed by atoms with Gasteiger partial charge in [0.15, 0.2) is 0 Å². The molecule has 3 rings (SSSR count). The Morgan fingerprint density at radius 1 is 1.28 bits per heavy atom. The molecule has 0 radical (unpaired) electrons. The van der Waals surface area contributed by atoms with E-state index < -0.39 is 10.0 Å². The lowest BCUT2D eigenvalue weighted by Crippen LogP contribution is -2.44. The predicted octanol–water partition coefficient (Wildman–Crippen LogP) is 2.37. The van der Waals surface area contributed by atoms with Gasteiger partial charge in [0.25, 0.3) is 0 Å². The van der Waals surface area contributed by atoms with Gasteiger partial charge in [0.1, 0.15) is 11.9 Å². The molecule has 1 aliphatic rings. The molecule has 1 unspecified atom stereocenters. The first-order valence-electron chi connectivity index (χ1n) is 7.78. The lowest BCUT2D eigenvalue weighted by molar-refractivity contribution is 0.119. The zero-order valence-corrected chi connectivity index (χ0v) is 15.2. The molecule has 1 aromatic carbocycles. The van der Waals surface area contributed by atoms with Crippen molar-refractivity contribution in [1.82, 2.24) is 14.3 Å². The number of sulfonamides is 1. The van der Waals surface area contributed by atoms with Gasteiger partial charge >= 0.3 is 6.01 Å². The molecule has 0 spiro atoms. The van der Waals surface area contributed by atoms with Crippen LogP contribution in [0.4, 0.5) is 0 Å². The Bertz CT molecular complexity index is 833. The summed E-state index contributed by atoms with van der Waals surface area (Å²) in [6.45, 7) is 0.672. The summed E-state index contributed by atoms with van der Waals surface area (Å²) in [4.78, 5) is 8.17. The largest absolute Gasteiger partial charge is 0.495 e. The SMILES string of the molecule is COc1ccc(S(=O)(=O)N2CCCC(Oc3ncccn3)C2)cc1Cl. The molecule has 1 fully saturated rings. The van der Waals surface area contributed by atoms with E-state index in [2.05, 4.69) is 9.97 Å². The molecule has 2 aromatic rings. The normalized spacial score (nSPS) is 18.7. The van der Waals surface area contributed by atoms with Gasteiger partial charge in [-0.1, -0.05) is 11.6 Å². The van der Waals surface area contributed by atoms with Crippen LogP contribution in [0.15, 0.2) is 41.6 Å². The fourth-order valence-electron chi connectivity index (χ4n) is 2.67. The van der Waals surface area contributed by atoms with Gasteiger partial charge in [-0.2, -0.15) is 4.31 Å². The van der Waals surface area contributed by atoms with E-state index in [-0.39, 0.29) is 28.6 Å². The summed E-state index contributed by atoms with van der Waals surface area (Å²) in [5, 5.41) is 0.256. The van der Waals surface area contributed by atoms with Crippen LogP contribution in [0.3, 0.4) is 0 Å². The molecule has 1 aliphatic heterocycles. The third-order valence-corrected chi connectivity index (χ3v) is 6.07. The second-order valence-corrected chi connectivity index (χ2v) is 7.92. The maximum Gasteiger partial charge on any atom is 0.316 e. The molecule has 25 heavy (non-hydrogen) atoms. The molecule has 2 heterocycles. The molecule has 1 saturated heterocycles. The number of hydrogen-bond acceptors (Lipinski definition) is 6. The third-order valence-electron chi connectivity index (χ3n) is 3.92. The van der Waals surface area contributed by atoms with Gasteiger partial charge in [0.2, 0.25) is 10.0 Å². The Morgan fingerprint density at radius 2 is 2.04 bits per heavy atom. The van der Waals surface area contributed by atoms with Gasteiger partial charge < -0.3 is 9.47 Å². The lowest BCUT2D eigenvalue weighted by Gasteiger charge is -2.31. The fourth-order valence-corrected chi connectivity index (χ4v) is 4.53. The molecule has 0 N–H and O–H groups in total. The molecule has 0 bridgehead atoms. The first-order valence-corrected chi connectivity index (χ1v) is 9.60. The molecule has 9 heteroatoms. The second kappa shape index (κ2) is 7.55. The van der Waals surface area contributed by atoms with Crippen molar-refractivity contribution in [3.63, 3.8) is 0 Å². The van der Waals surface area contributed by atoms with Gasteiger partial charge in [0.05, 0.1) is 23.6 Å². The quantitative estimate of drug-likeness (QED) is 0.788. The van der Waals surface area contributed by atoms with Crippen molar-refractivity contribution in [2.24, 2.45) is 0 Å². The standard InChI is InChI=1S/C16H18ClN3O4S/c1-23-15-6-5-13(10-14(15)17)25(21,22)20-9-2-4-12(11-20)24-16-18-7-3-8-19-16/h3,5-8,10,12H,2,4,9,11H2,1H3. The minimum absolute atomic E-state index is 0.134. The van der Waals surface area contributed by atoms with Crippen molar-refractivity contribution in [3.8, 4) is 11.8 Å². The number of halogens is 1. The van der Waals surface area contributed by atoms with E-state index in [1.165, 1.54) is 23.5 Å². The summed E-state index contributed by atoms with van der Waals surface area (Å²) in [6.07, 6.45) is 4.31. The number of nitrogens with zero attached hydrogens (tertiary/aromatic N) is 3. The van der Waals surface area contributed by atoms with Crippen molar-refractivity contribution in [3.05, 3.63) is 41.7 Å². The maximum absolute atomic E-state index is 12.9. The van der Waals surface area contributed by atoms with Crippen molar-refractivity contribution >= 4 is 21.6 Å². The number of piperidine rings is 1. The molecule has 0 amide bonds. The highest BCUT2D eigenvalue weighted by Crippen LogP contribution is 2.29.